The molecule has 2 N–H and O–H groups in total. The molecule has 3 nitrogen and oxygen atoms in total. The minimum absolute atomic E-state index is 0.0511. The molecular formula is C16H28N2O. The number of hydrogen-bond donors (Lipinski definition) is 2. The molecule has 1 aromatic heterocycles. The van der Waals surface area contributed by atoms with Crippen molar-refractivity contribution in [2.75, 3.05) is 6.61 Å². The summed E-state index contributed by atoms with van der Waals surface area (Å²) in [6.07, 6.45) is 10.3. The lowest BCUT2D eigenvalue weighted by atomic mass is 9.77. The second-order valence-corrected chi connectivity index (χ2v) is 6.25. The van der Waals surface area contributed by atoms with Crippen molar-refractivity contribution >= 4 is 0 Å². The van der Waals surface area contributed by atoms with Crippen molar-refractivity contribution in [3.8, 4) is 0 Å². The summed E-state index contributed by atoms with van der Waals surface area (Å²) in [5, 5.41) is 13.4. The van der Waals surface area contributed by atoms with Crippen LogP contribution in [0.4, 0.5) is 0 Å². The lowest BCUT2D eigenvalue weighted by molar-refractivity contribution is 0.0982. The first-order valence-electron chi connectivity index (χ1n) is 7.68. The lowest BCUT2D eigenvalue weighted by Gasteiger charge is -2.39. The van der Waals surface area contributed by atoms with E-state index < -0.39 is 0 Å². The monoisotopic (exact) mass is 264 g/mol. The van der Waals surface area contributed by atoms with E-state index in [2.05, 4.69) is 42.2 Å². The van der Waals surface area contributed by atoms with Gasteiger partial charge in [-0.2, -0.15) is 0 Å². The molecule has 0 bridgehead atoms. The maximum absolute atomic E-state index is 9.76. The van der Waals surface area contributed by atoms with Crippen LogP contribution in [-0.2, 0) is 13.1 Å². The smallest absolute Gasteiger partial charge is 0.0613 e. The van der Waals surface area contributed by atoms with Gasteiger partial charge in [-0.25, -0.2) is 0 Å². The van der Waals surface area contributed by atoms with E-state index in [1.807, 2.05) is 0 Å². The van der Waals surface area contributed by atoms with Gasteiger partial charge in [0, 0.05) is 31.0 Å². The molecular weight excluding hydrogens is 236 g/mol. The summed E-state index contributed by atoms with van der Waals surface area (Å²) >= 11 is 0. The zero-order valence-electron chi connectivity index (χ0n) is 12.4. The molecule has 0 amide bonds. The van der Waals surface area contributed by atoms with Crippen LogP contribution in [0.3, 0.4) is 0 Å². The Bertz CT molecular complexity index is 388. The van der Waals surface area contributed by atoms with E-state index >= 15 is 0 Å². The Morgan fingerprint density at radius 1 is 1.53 bits per heavy atom. The van der Waals surface area contributed by atoms with Crippen molar-refractivity contribution in [2.24, 2.45) is 5.92 Å². The molecule has 2 rings (SSSR count). The molecule has 1 heterocycles. The van der Waals surface area contributed by atoms with Gasteiger partial charge in [0.25, 0.3) is 0 Å². The van der Waals surface area contributed by atoms with Gasteiger partial charge in [-0.05, 0) is 36.8 Å². The van der Waals surface area contributed by atoms with Crippen molar-refractivity contribution in [3.05, 3.63) is 24.0 Å². The molecule has 19 heavy (non-hydrogen) atoms. The third kappa shape index (κ3) is 3.83. The molecule has 0 radical (unpaired) electrons. The summed E-state index contributed by atoms with van der Waals surface area (Å²) in [6.45, 7) is 6.70. The molecule has 1 aliphatic carbocycles. The molecule has 1 saturated carbocycles. The van der Waals surface area contributed by atoms with Crippen LogP contribution >= 0.6 is 0 Å². The van der Waals surface area contributed by atoms with Crippen LogP contribution in [0.15, 0.2) is 18.5 Å². The third-order valence-electron chi connectivity index (χ3n) is 4.36. The highest BCUT2D eigenvalue weighted by Gasteiger charge is 2.33. The maximum atomic E-state index is 9.76. The quantitative estimate of drug-likeness (QED) is 0.829. The Morgan fingerprint density at radius 3 is 3.05 bits per heavy atom. The topological polar surface area (TPSA) is 37.2 Å². The molecule has 3 heteroatoms. The van der Waals surface area contributed by atoms with E-state index in [1.165, 1.54) is 24.8 Å². The van der Waals surface area contributed by atoms with Crippen LogP contribution in [0.5, 0.6) is 0 Å². The first kappa shape index (κ1) is 14.6. The molecule has 1 fully saturated rings. The van der Waals surface area contributed by atoms with Gasteiger partial charge in [-0.15, -0.1) is 0 Å². The minimum Gasteiger partial charge on any atom is -0.394 e. The number of nitrogens with zero attached hydrogens (tertiary/aromatic N) is 1. The number of aryl methyl sites for hydroxylation is 1. The molecule has 108 valence electrons. The molecule has 2 atom stereocenters. The molecule has 1 aliphatic rings. The number of nitrogens with one attached hydrogen (secondary N) is 1. The zero-order chi connectivity index (χ0) is 13.7. The summed E-state index contributed by atoms with van der Waals surface area (Å²) in [7, 11) is 0. The largest absolute Gasteiger partial charge is 0.394 e. The van der Waals surface area contributed by atoms with E-state index in [1.54, 1.807) is 0 Å². The predicted octanol–water partition coefficient (Wildman–Crippen LogP) is 2.93. The first-order chi connectivity index (χ1) is 9.17. The van der Waals surface area contributed by atoms with Crippen molar-refractivity contribution in [2.45, 2.75) is 64.6 Å². The van der Waals surface area contributed by atoms with Crippen LogP contribution in [0.2, 0.25) is 0 Å². The number of aliphatic hydroxyl groups excluding tert-OH is 1. The Labute approximate surface area is 117 Å². The number of aromatic nitrogens is 1. The van der Waals surface area contributed by atoms with Gasteiger partial charge in [0.05, 0.1) is 6.61 Å². The maximum Gasteiger partial charge on any atom is 0.0613 e. The summed E-state index contributed by atoms with van der Waals surface area (Å²) in [5.74, 6) is 0.720. The van der Waals surface area contributed by atoms with Gasteiger partial charge in [0.2, 0.25) is 0 Å². The highest BCUT2D eigenvalue weighted by molar-refractivity contribution is 5.11. The van der Waals surface area contributed by atoms with Crippen LogP contribution in [0.1, 0.15) is 51.5 Å². The van der Waals surface area contributed by atoms with Crippen LogP contribution in [0, 0.1) is 5.92 Å². The van der Waals surface area contributed by atoms with Crippen molar-refractivity contribution in [1.29, 1.82) is 0 Å². The number of rotatable bonds is 6. The average molecular weight is 264 g/mol. The first-order valence-corrected chi connectivity index (χ1v) is 7.68. The van der Waals surface area contributed by atoms with E-state index in [9.17, 15) is 5.11 Å². The van der Waals surface area contributed by atoms with Crippen molar-refractivity contribution in [3.63, 3.8) is 0 Å². The van der Waals surface area contributed by atoms with Gasteiger partial charge >= 0.3 is 0 Å². The fourth-order valence-electron chi connectivity index (χ4n) is 3.30. The minimum atomic E-state index is -0.0511. The van der Waals surface area contributed by atoms with Gasteiger partial charge in [0.15, 0.2) is 0 Å². The highest BCUT2D eigenvalue weighted by Crippen LogP contribution is 2.32. The average Bonchev–Trinajstić information content (AvgIpc) is 2.85. The van der Waals surface area contributed by atoms with Crippen LogP contribution in [0.25, 0.3) is 0 Å². The molecule has 2 unspecified atom stereocenters. The van der Waals surface area contributed by atoms with Gasteiger partial charge in [-0.1, -0.05) is 26.7 Å². The van der Waals surface area contributed by atoms with E-state index in [4.69, 9.17) is 0 Å². The summed E-state index contributed by atoms with van der Waals surface area (Å²) in [4.78, 5) is 0. The Morgan fingerprint density at radius 2 is 2.37 bits per heavy atom. The zero-order valence-corrected chi connectivity index (χ0v) is 12.4. The summed E-state index contributed by atoms with van der Waals surface area (Å²) in [6, 6.07) is 2.18. The second kappa shape index (κ2) is 6.58. The van der Waals surface area contributed by atoms with E-state index in [-0.39, 0.29) is 12.1 Å². The van der Waals surface area contributed by atoms with E-state index in [0.717, 1.165) is 31.8 Å². The van der Waals surface area contributed by atoms with E-state index in [0.29, 0.717) is 0 Å². The van der Waals surface area contributed by atoms with Gasteiger partial charge in [0.1, 0.15) is 0 Å². The molecule has 0 aromatic carbocycles. The standard InChI is InChI=1S/C16H28N2O/c1-3-8-18-9-6-15(12-18)11-17-16(13-19)7-4-5-14(2)10-16/h6,9,12,14,17,19H,3-5,7-8,10-11,13H2,1-2H3. The SMILES string of the molecule is CCCn1ccc(CNC2(CO)CCCC(C)C2)c1. The Hall–Kier alpha value is -0.800. The van der Waals surface area contributed by atoms with Crippen LogP contribution < -0.4 is 5.32 Å². The van der Waals surface area contributed by atoms with Crippen molar-refractivity contribution in [1.82, 2.24) is 9.88 Å². The normalized spacial score (nSPS) is 27.6. The van der Waals surface area contributed by atoms with Gasteiger partial charge in [-0.3, -0.25) is 0 Å². The van der Waals surface area contributed by atoms with Crippen LogP contribution in [-0.4, -0.2) is 21.8 Å². The van der Waals surface area contributed by atoms with Gasteiger partial charge < -0.3 is 15.0 Å². The molecule has 0 saturated heterocycles. The predicted molar refractivity (Wildman–Crippen MR) is 79.0 cm³/mol. The second-order valence-electron chi connectivity index (χ2n) is 6.25. The number of aliphatic hydroxyl groups is 1. The Kier molecular flexibility index (Phi) is 5.06. The van der Waals surface area contributed by atoms with Crippen molar-refractivity contribution < 1.29 is 5.11 Å². The summed E-state index contributed by atoms with van der Waals surface area (Å²) < 4.78 is 2.24. The number of hydrogen-bond acceptors (Lipinski definition) is 2. The fourth-order valence-corrected chi connectivity index (χ4v) is 3.30. The fraction of sp³-hybridized carbons (Fsp3) is 0.750. The molecule has 1 aromatic rings. The third-order valence-corrected chi connectivity index (χ3v) is 4.36. The highest BCUT2D eigenvalue weighted by atomic mass is 16.3. The molecule has 0 aliphatic heterocycles. The summed E-state index contributed by atoms with van der Waals surface area (Å²) in [5.41, 5.74) is 1.27. The Balaban J connectivity index is 1.91. The molecule has 0 spiro atoms. The lowest BCUT2D eigenvalue weighted by Crippen LogP contribution is -2.51.